The van der Waals surface area contributed by atoms with Crippen molar-refractivity contribution in [2.24, 2.45) is 5.92 Å². The van der Waals surface area contributed by atoms with Crippen molar-refractivity contribution in [1.29, 1.82) is 0 Å². The molecule has 0 heterocycles. The topological polar surface area (TPSA) is 29.5 Å². The van der Waals surface area contributed by atoms with E-state index in [-0.39, 0.29) is 6.61 Å². The Kier molecular flexibility index (Phi) is 2.11. The second kappa shape index (κ2) is 2.87. The van der Waals surface area contributed by atoms with Gasteiger partial charge >= 0.3 is 0 Å². The van der Waals surface area contributed by atoms with Gasteiger partial charge in [-0.2, -0.15) is 0 Å². The summed E-state index contributed by atoms with van der Waals surface area (Å²) in [6, 6.07) is 0. The highest BCUT2D eigenvalue weighted by Gasteiger charge is 2.14. The molecule has 0 fully saturated rings. The Morgan fingerprint density at radius 3 is 3.00 bits per heavy atom. The summed E-state index contributed by atoms with van der Waals surface area (Å²) in [6.45, 7) is 0.257. The van der Waals surface area contributed by atoms with Gasteiger partial charge in [0.15, 0.2) is 0 Å². The lowest BCUT2D eigenvalue weighted by molar-refractivity contribution is 0.251. The van der Waals surface area contributed by atoms with Gasteiger partial charge in [-0.15, -0.1) is 0 Å². The van der Waals surface area contributed by atoms with Gasteiger partial charge in [-0.25, -0.2) is 0 Å². The Balaban J connectivity index is 2.40. The molecule has 0 amide bonds. The fourth-order valence-electron chi connectivity index (χ4n) is 1.07. The number of hydrogen-bond donors (Lipinski definition) is 1. The molecule has 0 aromatic rings. The van der Waals surface area contributed by atoms with Crippen molar-refractivity contribution >= 4 is 0 Å². The smallest absolute Gasteiger partial charge is 0.0919 e. The third-order valence-corrected chi connectivity index (χ3v) is 1.68. The van der Waals surface area contributed by atoms with E-state index in [1.807, 2.05) is 6.08 Å². The number of rotatable bonds is 2. The highest BCUT2D eigenvalue weighted by atomic mass is 16.5. The number of aliphatic hydroxyl groups is 1. The molecule has 2 nitrogen and oxygen atoms in total. The van der Waals surface area contributed by atoms with Crippen LogP contribution in [-0.4, -0.2) is 18.8 Å². The van der Waals surface area contributed by atoms with Crippen LogP contribution in [0.5, 0.6) is 0 Å². The van der Waals surface area contributed by atoms with Crippen LogP contribution in [0.2, 0.25) is 0 Å². The molecule has 1 unspecified atom stereocenters. The van der Waals surface area contributed by atoms with E-state index in [0.717, 1.165) is 18.6 Å². The van der Waals surface area contributed by atoms with Crippen LogP contribution in [0.4, 0.5) is 0 Å². The average molecular weight is 128 g/mol. The highest BCUT2D eigenvalue weighted by molar-refractivity contribution is 5.03. The van der Waals surface area contributed by atoms with Crippen LogP contribution in [0.15, 0.2) is 11.8 Å². The van der Waals surface area contributed by atoms with Gasteiger partial charge in [0, 0.05) is 18.9 Å². The molecule has 1 rings (SSSR count). The molecule has 0 spiro atoms. The minimum absolute atomic E-state index is 0.257. The summed E-state index contributed by atoms with van der Waals surface area (Å²) in [7, 11) is 1.67. The molecule has 9 heavy (non-hydrogen) atoms. The normalized spacial score (nSPS) is 26.0. The first-order valence-electron chi connectivity index (χ1n) is 3.22. The summed E-state index contributed by atoms with van der Waals surface area (Å²) in [4.78, 5) is 0. The van der Waals surface area contributed by atoms with E-state index >= 15 is 0 Å². The summed E-state index contributed by atoms with van der Waals surface area (Å²) in [5.41, 5.74) is 0. The lowest BCUT2D eigenvalue weighted by Gasteiger charge is -1.96. The summed E-state index contributed by atoms with van der Waals surface area (Å²) >= 11 is 0. The van der Waals surface area contributed by atoms with E-state index in [1.165, 1.54) is 0 Å². The Bertz CT molecular complexity index is 118. The van der Waals surface area contributed by atoms with Crippen molar-refractivity contribution in [3.05, 3.63) is 11.8 Å². The summed E-state index contributed by atoms with van der Waals surface area (Å²) in [5, 5.41) is 8.68. The lowest BCUT2D eigenvalue weighted by atomic mass is 10.1. The van der Waals surface area contributed by atoms with Crippen LogP contribution < -0.4 is 0 Å². The zero-order valence-corrected chi connectivity index (χ0v) is 5.63. The maximum atomic E-state index is 8.68. The highest BCUT2D eigenvalue weighted by Crippen LogP contribution is 2.23. The zero-order valence-electron chi connectivity index (χ0n) is 5.63. The van der Waals surface area contributed by atoms with Crippen LogP contribution in [0, 0.1) is 5.92 Å². The lowest BCUT2D eigenvalue weighted by Crippen LogP contribution is -1.96. The molecule has 1 atom stereocenters. The van der Waals surface area contributed by atoms with Gasteiger partial charge in [-0.05, 0) is 12.5 Å². The third kappa shape index (κ3) is 1.45. The quantitative estimate of drug-likeness (QED) is 0.599. The first-order chi connectivity index (χ1) is 4.36. The summed E-state index contributed by atoms with van der Waals surface area (Å²) < 4.78 is 4.99. The van der Waals surface area contributed by atoms with Gasteiger partial charge in [0.1, 0.15) is 0 Å². The van der Waals surface area contributed by atoms with Crippen LogP contribution in [0.25, 0.3) is 0 Å². The van der Waals surface area contributed by atoms with Gasteiger partial charge < -0.3 is 9.84 Å². The monoisotopic (exact) mass is 128 g/mol. The van der Waals surface area contributed by atoms with Crippen molar-refractivity contribution in [3.8, 4) is 0 Å². The predicted molar refractivity (Wildman–Crippen MR) is 34.9 cm³/mol. The summed E-state index contributed by atoms with van der Waals surface area (Å²) in [6.07, 6.45) is 4.03. The molecule has 1 aliphatic rings. The van der Waals surface area contributed by atoms with Crippen LogP contribution in [-0.2, 0) is 4.74 Å². The number of methoxy groups -OCH3 is 1. The Morgan fingerprint density at radius 1 is 1.89 bits per heavy atom. The molecule has 0 saturated heterocycles. The van der Waals surface area contributed by atoms with Crippen molar-refractivity contribution in [2.75, 3.05) is 13.7 Å². The molecule has 0 radical (unpaired) electrons. The van der Waals surface area contributed by atoms with Gasteiger partial charge in [0.05, 0.1) is 12.9 Å². The van der Waals surface area contributed by atoms with Crippen molar-refractivity contribution in [3.63, 3.8) is 0 Å². The Labute approximate surface area is 55.1 Å². The van der Waals surface area contributed by atoms with Crippen molar-refractivity contribution in [1.82, 2.24) is 0 Å². The van der Waals surface area contributed by atoms with E-state index in [1.54, 1.807) is 7.11 Å². The van der Waals surface area contributed by atoms with E-state index in [9.17, 15) is 0 Å². The van der Waals surface area contributed by atoms with Gasteiger partial charge in [0.2, 0.25) is 0 Å². The Hall–Kier alpha value is -0.500. The van der Waals surface area contributed by atoms with E-state index in [4.69, 9.17) is 9.84 Å². The Morgan fingerprint density at radius 2 is 2.67 bits per heavy atom. The standard InChI is InChI=1S/C7H12O2/c1-9-7-3-2-6(4-7)5-8/h4,6,8H,2-3,5H2,1H3. The molecule has 0 saturated carbocycles. The molecule has 1 aliphatic carbocycles. The third-order valence-electron chi connectivity index (χ3n) is 1.68. The largest absolute Gasteiger partial charge is 0.501 e. The van der Waals surface area contributed by atoms with Crippen LogP contribution in [0.1, 0.15) is 12.8 Å². The number of allylic oxidation sites excluding steroid dienone is 1. The molecule has 0 aromatic heterocycles. The fraction of sp³-hybridized carbons (Fsp3) is 0.714. The van der Waals surface area contributed by atoms with Gasteiger partial charge in [0.25, 0.3) is 0 Å². The second-order valence-corrected chi connectivity index (χ2v) is 2.32. The molecular weight excluding hydrogens is 116 g/mol. The maximum Gasteiger partial charge on any atom is 0.0919 e. The van der Waals surface area contributed by atoms with Gasteiger partial charge in [-0.3, -0.25) is 0 Å². The van der Waals surface area contributed by atoms with Crippen LogP contribution in [0.3, 0.4) is 0 Å². The minimum Gasteiger partial charge on any atom is -0.501 e. The van der Waals surface area contributed by atoms with E-state index in [0.29, 0.717) is 5.92 Å². The number of ether oxygens (including phenoxy) is 1. The minimum atomic E-state index is 0.257. The fourth-order valence-corrected chi connectivity index (χ4v) is 1.07. The predicted octanol–water partition coefficient (Wildman–Crippen LogP) is 0.919. The SMILES string of the molecule is COC1=CC(CO)CC1. The number of aliphatic hydroxyl groups excluding tert-OH is 1. The average Bonchev–Trinajstić information content (AvgIpc) is 2.34. The van der Waals surface area contributed by atoms with Crippen molar-refractivity contribution < 1.29 is 9.84 Å². The van der Waals surface area contributed by atoms with Gasteiger partial charge in [-0.1, -0.05) is 0 Å². The number of hydrogen-bond acceptors (Lipinski definition) is 2. The molecule has 0 bridgehead atoms. The first-order valence-corrected chi connectivity index (χ1v) is 3.22. The molecular formula is C7H12O2. The van der Waals surface area contributed by atoms with Crippen molar-refractivity contribution in [2.45, 2.75) is 12.8 Å². The summed E-state index contributed by atoms with van der Waals surface area (Å²) in [5.74, 6) is 1.37. The maximum absolute atomic E-state index is 8.68. The van der Waals surface area contributed by atoms with E-state index < -0.39 is 0 Å². The van der Waals surface area contributed by atoms with E-state index in [2.05, 4.69) is 0 Å². The molecule has 1 N–H and O–H groups in total. The molecule has 52 valence electrons. The van der Waals surface area contributed by atoms with Crippen LogP contribution >= 0.6 is 0 Å². The first kappa shape index (κ1) is 6.62. The zero-order chi connectivity index (χ0) is 6.69. The molecule has 0 aliphatic heterocycles. The second-order valence-electron chi connectivity index (χ2n) is 2.32. The molecule has 0 aromatic carbocycles. The molecule has 2 heteroatoms.